The third-order valence-electron chi connectivity index (χ3n) is 14.5. The summed E-state index contributed by atoms with van der Waals surface area (Å²) in [7, 11) is 0. The van der Waals surface area contributed by atoms with E-state index in [9.17, 15) is 0 Å². The monoisotopic (exact) mass is 925 g/mol. The van der Waals surface area contributed by atoms with Gasteiger partial charge >= 0.3 is 0 Å². The summed E-state index contributed by atoms with van der Waals surface area (Å²) >= 11 is 0. The fourth-order valence-electron chi connectivity index (χ4n) is 10.7. The summed E-state index contributed by atoms with van der Waals surface area (Å²) in [6, 6.07) is 76.7. The van der Waals surface area contributed by atoms with E-state index in [1.165, 1.54) is 49.8 Å². The Morgan fingerprint density at radius 1 is 0.444 bits per heavy atom. The van der Waals surface area contributed by atoms with Gasteiger partial charge in [-0.2, -0.15) is 0 Å². The Morgan fingerprint density at radius 3 is 1.64 bits per heavy atom. The number of hydrogen-bond donors (Lipinski definition) is 0. The molecule has 4 heteroatoms. The van der Waals surface area contributed by atoms with Crippen molar-refractivity contribution in [1.29, 1.82) is 0 Å². The molecule has 344 valence electrons. The van der Waals surface area contributed by atoms with Crippen LogP contribution in [-0.2, 0) is 5.41 Å². The predicted octanol–water partition coefficient (Wildman–Crippen LogP) is 18.4. The highest BCUT2D eigenvalue weighted by molar-refractivity contribution is 6.12. The highest BCUT2D eigenvalue weighted by atomic mass is 16.3. The van der Waals surface area contributed by atoms with Gasteiger partial charge in [0.2, 0.25) is 0 Å². The minimum absolute atomic E-state index is 0.00999. The van der Waals surface area contributed by atoms with Gasteiger partial charge in [0.05, 0.1) is 28.1 Å². The van der Waals surface area contributed by atoms with Crippen LogP contribution in [0.1, 0.15) is 44.2 Å². The number of benzene rings is 9. The lowest BCUT2D eigenvalue weighted by atomic mass is 9.84. The molecule has 1 atom stereocenters. The van der Waals surface area contributed by atoms with Crippen LogP contribution in [0.4, 0.5) is 0 Å². The van der Waals surface area contributed by atoms with Crippen molar-refractivity contribution in [1.82, 2.24) is 14.5 Å². The fourth-order valence-corrected chi connectivity index (χ4v) is 10.7. The molecule has 3 aromatic heterocycles. The summed E-state index contributed by atoms with van der Waals surface area (Å²) < 4.78 is 8.98. The number of hydrogen-bond acceptors (Lipinski definition) is 3. The maximum absolute atomic E-state index is 6.43. The molecule has 0 saturated carbocycles. The van der Waals surface area contributed by atoms with Crippen LogP contribution in [0.15, 0.2) is 241 Å². The van der Waals surface area contributed by atoms with E-state index in [1.807, 2.05) is 18.2 Å². The minimum atomic E-state index is -0.00999. The number of furan rings is 1. The van der Waals surface area contributed by atoms with Crippen molar-refractivity contribution in [2.75, 3.05) is 0 Å². The van der Waals surface area contributed by atoms with Crippen LogP contribution < -0.4 is 0 Å². The molecule has 0 spiro atoms. The van der Waals surface area contributed by atoms with Gasteiger partial charge in [-0.1, -0.05) is 197 Å². The number of aromatic nitrogens is 3. The summed E-state index contributed by atoms with van der Waals surface area (Å²) in [6.45, 7) is 6.84. The molecule has 1 aliphatic carbocycles. The molecule has 0 bridgehead atoms. The average molecular weight is 926 g/mol. The average Bonchev–Trinajstić information content (AvgIpc) is 3.98. The quantitative estimate of drug-likeness (QED) is 0.152. The van der Waals surface area contributed by atoms with E-state index in [-0.39, 0.29) is 11.3 Å². The molecule has 9 aromatic carbocycles. The van der Waals surface area contributed by atoms with E-state index < -0.39 is 0 Å². The van der Waals surface area contributed by atoms with E-state index in [4.69, 9.17) is 14.4 Å². The zero-order valence-corrected chi connectivity index (χ0v) is 40.6. The molecule has 0 fully saturated rings. The van der Waals surface area contributed by atoms with Gasteiger partial charge in [0, 0.05) is 49.7 Å². The van der Waals surface area contributed by atoms with Crippen molar-refractivity contribution in [2.24, 2.45) is 0 Å². The normalized spacial score (nSPS) is 13.7. The van der Waals surface area contributed by atoms with Crippen molar-refractivity contribution in [2.45, 2.75) is 38.5 Å². The Labute approximate surface area is 419 Å². The molecule has 0 N–H and O–H groups in total. The smallest absolute Gasteiger partial charge is 0.160 e. The lowest BCUT2D eigenvalue weighted by Crippen LogP contribution is -2.11. The molecule has 0 amide bonds. The zero-order valence-electron chi connectivity index (χ0n) is 40.6. The molecular weight excluding hydrogens is 875 g/mol. The van der Waals surface area contributed by atoms with Crippen LogP contribution in [-0.4, -0.2) is 14.5 Å². The Balaban J connectivity index is 1.10. The number of nitrogens with zero attached hydrogens (tertiary/aromatic N) is 3. The van der Waals surface area contributed by atoms with Crippen LogP contribution in [0.3, 0.4) is 0 Å². The first-order chi connectivity index (χ1) is 35.3. The van der Waals surface area contributed by atoms with E-state index in [0.29, 0.717) is 5.82 Å². The van der Waals surface area contributed by atoms with Crippen LogP contribution >= 0.6 is 0 Å². The Morgan fingerprint density at radius 2 is 1.01 bits per heavy atom. The number of fused-ring (bicyclic) bond motifs is 6. The first-order valence-corrected chi connectivity index (χ1v) is 25.0. The van der Waals surface area contributed by atoms with Crippen molar-refractivity contribution in [3.63, 3.8) is 0 Å². The summed E-state index contributed by atoms with van der Waals surface area (Å²) in [6.07, 6.45) is 9.91. The molecule has 0 saturated heterocycles. The minimum Gasteiger partial charge on any atom is -0.456 e. The van der Waals surface area contributed by atoms with Gasteiger partial charge in [-0.05, 0) is 111 Å². The van der Waals surface area contributed by atoms with Crippen molar-refractivity contribution in [3.05, 3.63) is 248 Å². The summed E-state index contributed by atoms with van der Waals surface area (Å²) in [5.41, 5.74) is 19.4. The Kier molecular flexibility index (Phi) is 10.5. The maximum atomic E-state index is 6.43. The number of rotatable bonds is 8. The lowest BCUT2D eigenvalue weighted by Gasteiger charge is -2.25. The molecule has 4 nitrogen and oxygen atoms in total. The van der Waals surface area contributed by atoms with Crippen LogP contribution in [0.5, 0.6) is 0 Å². The molecule has 12 aromatic rings. The van der Waals surface area contributed by atoms with Gasteiger partial charge < -0.3 is 8.98 Å². The van der Waals surface area contributed by atoms with Crippen LogP contribution in [0.2, 0.25) is 0 Å². The van der Waals surface area contributed by atoms with Crippen molar-refractivity contribution < 1.29 is 4.42 Å². The lowest BCUT2D eigenvalue weighted by molar-refractivity contribution is 0.590. The molecule has 3 heterocycles. The first kappa shape index (κ1) is 43.2. The second-order valence-corrected chi connectivity index (χ2v) is 20.1. The zero-order chi connectivity index (χ0) is 48.3. The first-order valence-electron chi connectivity index (χ1n) is 25.0. The second-order valence-electron chi connectivity index (χ2n) is 20.1. The van der Waals surface area contributed by atoms with E-state index in [2.05, 4.69) is 244 Å². The summed E-state index contributed by atoms with van der Waals surface area (Å²) in [5.74, 6) is 0.753. The Bertz CT molecular complexity index is 3980. The van der Waals surface area contributed by atoms with Crippen LogP contribution in [0.25, 0.3) is 117 Å². The maximum Gasteiger partial charge on any atom is 0.160 e. The van der Waals surface area contributed by atoms with Gasteiger partial charge in [-0.25, -0.2) is 9.97 Å². The molecule has 13 rings (SSSR count). The summed E-state index contributed by atoms with van der Waals surface area (Å²) in [4.78, 5) is 10.8. The molecule has 0 radical (unpaired) electrons. The number of allylic oxidation sites excluding steroid dienone is 4. The van der Waals surface area contributed by atoms with Crippen LogP contribution in [0, 0.1) is 0 Å². The standard InChI is InChI=1S/C68H51N3O/c1-68(2,3)53-33-28-47(29-34-53)57-41-52(61-43-60(69-67(70-61)48-24-14-7-15-25-48)51-30-35-55-54-26-16-17-27-64(54)72-65(55)42-51)40-56(46-22-12-6-13-23-46)66(57)71-62-36-31-49(44-18-8-4-9-19-44)38-58(62)59-39-50(32-37-63(59)71)45-20-10-5-11-21-45/h4-22,24-43,46H,23H2,1-3H3. The third kappa shape index (κ3) is 7.73. The number of para-hydroxylation sites is 1. The third-order valence-corrected chi connectivity index (χ3v) is 14.5. The molecule has 1 unspecified atom stereocenters. The van der Waals surface area contributed by atoms with E-state index >= 15 is 0 Å². The van der Waals surface area contributed by atoms with Crippen molar-refractivity contribution in [3.8, 4) is 73.0 Å². The predicted molar refractivity (Wildman–Crippen MR) is 301 cm³/mol. The van der Waals surface area contributed by atoms with Crippen molar-refractivity contribution >= 4 is 43.7 Å². The van der Waals surface area contributed by atoms with Gasteiger partial charge in [0.15, 0.2) is 5.82 Å². The fraction of sp³-hybridized carbons (Fsp3) is 0.0882. The second kappa shape index (κ2) is 17.5. The van der Waals surface area contributed by atoms with Gasteiger partial charge in [-0.3, -0.25) is 0 Å². The largest absolute Gasteiger partial charge is 0.456 e. The van der Waals surface area contributed by atoms with E-state index in [0.717, 1.165) is 78.6 Å². The SMILES string of the molecule is CC(C)(C)c1ccc(-c2cc(-c3cc(-c4ccc5c(c4)oc4ccccc45)nc(-c4ccccc4)n3)cc(C3C=CC=CC3)c2-n2c3ccc(-c4ccccc4)cc3c3cc(-c4ccccc4)ccc32)cc1. The highest BCUT2D eigenvalue weighted by Gasteiger charge is 2.26. The molecule has 0 aliphatic heterocycles. The highest BCUT2D eigenvalue weighted by Crippen LogP contribution is 2.46. The Hall–Kier alpha value is -8.86. The summed E-state index contributed by atoms with van der Waals surface area (Å²) in [5, 5.41) is 4.61. The molecular formula is C68H51N3O. The van der Waals surface area contributed by atoms with Gasteiger partial charge in [0.25, 0.3) is 0 Å². The topological polar surface area (TPSA) is 43.9 Å². The van der Waals surface area contributed by atoms with Gasteiger partial charge in [-0.15, -0.1) is 0 Å². The van der Waals surface area contributed by atoms with E-state index in [1.54, 1.807) is 0 Å². The van der Waals surface area contributed by atoms with Gasteiger partial charge in [0.1, 0.15) is 11.2 Å². The molecule has 1 aliphatic rings. The molecule has 72 heavy (non-hydrogen) atoms.